The molecule has 100 valence electrons. The summed E-state index contributed by atoms with van der Waals surface area (Å²) in [4.78, 5) is 16.2. The van der Waals surface area contributed by atoms with Crippen molar-refractivity contribution in [2.75, 3.05) is 23.4 Å². The van der Waals surface area contributed by atoms with Crippen LogP contribution in [0.25, 0.3) is 0 Å². The van der Waals surface area contributed by atoms with Gasteiger partial charge < -0.3 is 16.4 Å². The lowest BCUT2D eigenvalue weighted by Crippen LogP contribution is -2.13. The summed E-state index contributed by atoms with van der Waals surface area (Å²) in [6.07, 6.45) is 0. The lowest BCUT2D eigenvalue weighted by molar-refractivity contribution is 0.103. The molecule has 2 aromatic rings. The fraction of sp³-hybridized carbons (Fsp3) is 0.0909. The minimum Gasteiger partial charge on any atom is -0.382 e. The van der Waals surface area contributed by atoms with E-state index in [1.54, 1.807) is 13.1 Å². The van der Waals surface area contributed by atoms with Gasteiger partial charge in [-0.1, -0.05) is 27.3 Å². The van der Waals surface area contributed by atoms with Crippen LogP contribution in [-0.2, 0) is 0 Å². The van der Waals surface area contributed by atoms with Gasteiger partial charge in [0.05, 0.1) is 5.69 Å². The molecule has 0 spiro atoms. The zero-order valence-corrected chi connectivity index (χ0v) is 12.2. The molecule has 0 aliphatic carbocycles. The molecular weight excluding hydrogens is 335 g/mol. The highest BCUT2D eigenvalue weighted by molar-refractivity contribution is 9.10. The van der Waals surface area contributed by atoms with Crippen LogP contribution in [0.2, 0.25) is 0 Å². The Labute approximate surface area is 121 Å². The molecule has 1 aromatic heterocycles. The molecule has 1 heterocycles. The van der Waals surface area contributed by atoms with Crippen molar-refractivity contribution in [3.8, 4) is 0 Å². The Hall–Kier alpha value is -1.67. The largest absolute Gasteiger partial charge is 0.382 e. The van der Waals surface area contributed by atoms with Crippen LogP contribution in [0.4, 0.5) is 21.0 Å². The Kier molecular flexibility index (Phi) is 4.01. The van der Waals surface area contributed by atoms with E-state index in [-0.39, 0.29) is 16.4 Å². The number of nitrogens with zero attached hydrogens (tertiary/aromatic N) is 1. The molecule has 19 heavy (non-hydrogen) atoms. The number of anilines is 3. The molecule has 1 amide bonds. The van der Waals surface area contributed by atoms with Crippen LogP contribution in [0.15, 0.2) is 22.7 Å². The third-order valence-electron chi connectivity index (χ3n) is 2.25. The summed E-state index contributed by atoms with van der Waals surface area (Å²) in [7, 11) is 1.67. The topological polar surface area (TPSA) is 80.0 Å². The van der Waals surface area contributed by atoms with Gasteiger partial charge in [-0.25, -0.2) is 9.37 Å². The second-order valence-electron chi connectivity index (χ2n) is 3.56. The number of nitrogens with two attached hydrogens (primary N) is 1. The highest BCUT2D eigenvalue weighted by Gasteiger charge is 2.17. The minimum absolute atomic E-state index is 0.0817. The summed E-state index contributed by atoms with van der Waals surface area (Å²) in [6, 6.07) is 4.28. The number of halogens is 2. The van der Waals surface area contributed by atoms with Crippen LogP contribution in [0.5, 0.6) is 0 Å². The van der Waals surface area contributed by atoms with Crippen LogP contribution < -0.4 is 16.4 Å². The van der Waals surface area contributed by atoms with Crippen molar-refractivity contribution in [3.05, 3.63) is 33.4 Å². The number of benzene rings is 1. The zero-order valence-electron chi connectivity index (χ0n) is 9.83. The zero-order chi connectivity index (χ0) is 14.0. The van der Waals surface area contributed by atoms with Crippen molar-refractivity contribution in [2.24, 2.45) is 0 Å². The van der Waals surface area contributed by atoms with Crippen LogP contribution in [-0.4, -0.2) is 17.9 Å². The van der Waals surface area contributed by atoms with E-state index in [9.17, 15) is 9.18 Å². The molecule has 0 saturated heterocycles. The first-order chi connectivity index (χ1) is 9.01. The predicted octanol–water partition coefficient (Wildman–Crippen LogP) is 2.92. The lowest BCUT2D eigenvalue weighted by Gasteiger charge is -2.05. The van der Waals surface area contributed by atoms with Gasteiger partial charge in [0, 0.05) is 11.5 Å². The number of hydrogen-bond donors (Lipinski definition) is 3. The molecule has 0 unspecified atom stereocenters. The Morgan fingerprint density at radius 1 is 1.53 bits per heavy atom. The average Bonchev–Trinajstić information content (AvgIpc) is 2.75. The van der Waals surface area contributed by atoms with Gasteiger partial charge in [0.2, 0.25) is 0 Å². The van der Waals surface area contributed by atoms with Crippen molar-refractivity contribution < 1.29 is 9.18 Å². The first kappa shape index (κ1) is 13.8. The van der Waals surface area contributed by atoms with E-state index in [4.69, 9.17) is 5.73 Å². The molecule has 5 nitrogen and oxygen atoms in total. The second-order valence-corrected chi connectivity index (χ2v) is 5.48. The van der Waals surface area contributed by atoms with Crippen molar-refractivity contribution in [2.45, 2.75) is 0 Å². The summed E-state index contributed by atoms with van der Waals surface area (Å²) in [5, 5.41) is 5.78. The number of carbonyl (C=O) groups excluding carboxylic acids is 1. The summed E-state index contributed by atoms with van der Waals surface area (Å²) in [5.41, 5.74) is 5.72. The summed E-state index contributed by atoms with van der Waals surface area (Å²) in [6.45, 7) is 0. The van der Waals surface area contributed by atoms with Gasteiger partial charge in [-0.3, -0.25) is 4.79 Å². The van der Waals surface area contributed by atoms with Crippen LogP contribution in [0.3, 0.4) is 0 Å². The quantitative estimate of drug-likeness (QED) is 0.799. The fourth-order valence-corrected chi connectivity index (χ4v) is 2.47. The summed E-state index contributed by atoms with van der Waals surface area (Å²) < 4.78 is 14.2. The van der Waals surface area contributed by atoms with Crippen LogP contribution >= 0.6 is 27.3 Å². The minimum atomic E-state index is -0.520. The highest BCUT2D eigenvalue weighted by atomic mass is 79.9. The Balaban J connectivity index is 2.25. The Bertz CT molecular complexity index is 631. The SMILES string of the molecule is CNc1nc(N)c(C(=O)Nc2cc(Br)ccc2F)s1. The van der Waals surface area contributed by atoms with Gasteiger partial charge in [0.15, 0.2) is 5.13 Å². The van der Waals surface area contributed by atoms with E-state index < -0.39 is 11.7 Å². The predicted molar refractivity (Wildman–Crippen MR) is 78.1 cm³/mol. The number of aromatic nitrogens is 1. The monoisotopic (exact) mass is 344 g/mol. The van der Waals surface area contributed by atoms with Gasteiger partial charge in [-0.05, 0) is 18.2 Å². The first-order valence-electron chi connectivity index (χ1n) is 5.21. The Morgan fingerprint density at radius 2 is 2.26 bits per heavy atom. The summed E-state index contributed by atoms with van der Waals surface area (Å²) >= 11 is 4.31. The molecule has 0 aliphatic rings. The van der Waals surface area contributed by atoms with Gasteiger partial charge >= 0.3 is 0 Å². The fourth-order valence-electron chi connectivity index (χ4n) is 1.37. The van der Waals surface area contributed by atoms with Crippen molar-refractivity contribution in [1.82, 2.24) is 4.98 Å². The van der Waals surface area contributed by atoms with Gasteiger partial charge in [0.1, 0.15) is 16.5 Å². The molecule has 0 radical (unpaired) electrons. The first-order valence-corrected chi connectivity index (χ1v) is 6.82. The molecule has 0 saturated carbocycles. The molecule has 4 N–H and O–H groups in total. The van der Waals surface area contributed by atoms with E-state index in [0.29, 0.717) is 9.60 Å². The number of nitrogens with one attached hydrogen (secondary N) is 2. The number of amides is 1. The van der Waals surface area contributed by atoms with Crippen molar-refractivity contribution in [1.29, 1.82) is 0 Å². The van der Waals surface area contributed by atoms with Crippen molar-refractivity contribution >= 4 is 49.8 Å². The maximum atomic E-state index is 13.5. The van der Waals surface area contributed by atoms with E-state index in [2.05, 4.69) is 31.5 Å². The van der Waals surface area contributed by atoms with E-state index in [1.807, 2.05) is 0 Å². The van der Waals surface area contributed by atoms with E-state index >= 15 is 0 Å². The molecular formula is C11H10BrFN4OS. The number of rotatable bonds is 3. The van der Waals surface area contributed by atoms with Gasteiger partial charge in [-0.15, -0.1) is 0 Å². The Morgan fingerprint density at radius 3 is 2.89 bits per heavy atom. The number of thiazole rings is 1. The number of hydrogen-bond acceptors (Lipinski definition) is 5. The normalized spacial score (nSPS) is 10.3. The molecule has 0 atom stereocenters. The number of nitrogen functional groups attached to an aromatic ring is 1. The molecule has 0 aliphatic heterocycles. The van der Waals surface area contributed by atoms with Gasteiger partial charge in [0.25, 0.3) is 5.91 Å². The van der Waals surface area contributed by atoms with Crippen LogP contribution in [0, 0.1) is 5.82 Å². The lowest BCUT2D eigenvalue weighted by atomic mass is 10.3. The molecule has 1 aromatic carbocycles. The van der Waals surface area contributed by atoms with Crippen molar-refractivity contribution in [3.63, 3.8) is 0 Å². The average molecular weight is 345 g/mol. The second kappa shape index (κ2) is 5.54. The smallest absolute Gasteiger partial charge is 0.269 e. The molecule has 2 rings (SSSR count). The van der Waals surface area contributed by atoms with Gasteiger partial charge in [-0.2, -0.15) is 0 Å². The van der Waals surface area contributed by atoms with Crippen LogP contribution in [0.1, 0.15) is 9.67 Å². The molecule has 0 fully saturated rings. The third kappa shape index (κ3) is 3.02. The van der Waals surface area contributed by atoms with E-state index in [0.717, 1.165) is 11.3 Å². The molecule has 8 heteroatoms. The highest BCUT2D eigenvalue weighted by Crippen LogP contribution is 2.26. The maximum Gasteiger partial charge on any atom is 0.269 e. The van der Waals surface area contributed by atoms with E-state index in [1.165, 1.54) is 12.1 Å². The summed E-state index contributed by atoms with van der Waals surface area (Å²) in [5.74, 6) is -0.899. The standard InChI is InChI=1S/C11H10BrFN4OS/c1-15-11-17-9(14)8(19-11)10(18)16-7-4-5(12)2-3-6(7)13/h2-4H,14H2,1H3,(H,15,17)(H,16,18). The maximum absolute atomic E-state index is 13.5. The number of carbonyl (C=O) groups is 1. The molecule has 0 bridgehead atoms. The third-order valence-corrected chi connectivity index (χ3v) is 3.83.